The third-order valence-corrected chi connectivity index (χ3v) is 9.44. The number of benzene rings is 1. The molecule has 0 radical (unpaired) electrons. The molecule has 1 aromatic heterocycles. The Bertz CT molecular complexity index is 1120. The molecule has 0 amide bonds. The summed E-state index contributed by atoms with van der Waals surface area (Å²) in [4.78, 5) is 4.62. The first-order valence-corrected chi connectivity index (χ1v) is 12.6. The summed E-state index contributed by atoms with van der Waals surface area (Å²) in [6.45, 7) is 11.7. The molecule has 6 rings (SSSR count). The zero-order valence-electron chi connectivity index (χ0n) is 20.2. The number of imidazole rings is 1. The maximum absolute atomic E-state index is 11.6. The summed E-state index contributed by atoms with van der Waals surface area (Å²) in [6.07, 6.45) is 11.9. The zero-order chi connectivity index (χ0) is 23.4. The maximum atomic E-state index is 11.6. The number of hydrogen-bond donors (Lipinski definition) is 2. The summed E-state index contributed by atoms with van der Waals surface area (Å²) in [7, 11) is 0. The number of rotatable bonds is 1. The van der Waals surface area contributed by atoms with E-state index in [-0.39, 0.29) is 23.0 Å². The Balaban J connectivity index is 0.000000724. The minimum absolute atomic E-state index is 0.134. The van der Waals surface area contributed by atoms with Gasteiger partial charge in [0.25, 0.3) is 0 Å². The SMILES string of the molecule is C=BC.C[C@@]12C(n3cnc4ccccc43)=CCC1C1CC=C3C[C@@H](O)CC[C@]3(C)C1CC2O. The van der Waals surface area contributed by atoms with Crippen LogP contribution in [0.15, 0.2) is 48.3 Å². The van der Waals surface area contributed by atoms with Gasteiger partial charge in [-0.25, -0.2) is 4.98 Å². The molecular formula is C28H37BN2O2. The van der Waals surface area contributed by atoms with Gasteiger partial charge in [-0.05, 0) is 73.8 Å². The van der Waals surface area contributed by atoms with Crippen molar-refractivity contribution in [3.05, 3.63) is 48.3 Å². The second-order valence-electron chi connectivity index (χ2n) is 11.0. The Morgan fingerprint density at radius 1 is 1.12 bits per heavy atom. The number of nitrogens with zero attached hydrogens (tertiary/aromatic N) is 2. The molecular weight excluding hydrogens is 407 g/mol. The molecule has 33 heavy (non-hydrogen) atoms. The molecule has 4 aliphatic rings. The molecule has 0 saturated heterocycles. The first-order valence-electron chi connectivity index (χ1n) is 12.6. The predicted octanol–water partition coefficient (Wildman–Crippen LogP) is 4.95. The summed E-state index contributed by atoms with van der Waals surface area (Å²) in [6, 6.07) is 8.28. The van der Waals surface area contributed by atoms with Crippen LogP contribution in [-0.4, -0.2) is 45.4 Å². The van der Waals surface area contributed by atoms with E-state index in [4.69, 9.17) is 0 Å². The molecule has 5 heteroatoms. The third-order valence-electron chi connectivity index (χ3n) is 9.44. The number of para-hydroxylation sites is 2. The maximum Gasteiger partial charge on any atom is 0.100 e. The summed E-state index contributed by atoms with van der Waals surface area (Å²) in [5.74, 6) is 1.54. The number of hydrogen-bond acceptors (Lipinski definition) is 3. The summed E-state index contributed by atoms with van der Waals surface area (Å²) < 4.78 is 2.22. The van der Waals surface area contributed by atoms with Gasteiger partial charge in [-0.15, -0.1) is 0 Å². The van der Waals surface area contributed by atoms with E-state index in [0.29, 0.717) is 17.8 Å². The Morgan fingerprint density at radius 3 is 2.67 bits per heavy atom. The van der Waals surface area contributed by atoms with E-state index in [0.717, 1.165) is 49.6 Å². The van der Waals surface area contributed by atoms with E-state index >= 15 is 0 Å². The first kappa shape index (κ1) is 22.8. The van der Waals surface area contributed by atoms with Crippen LogP contribution in [-0.2, 0) is 0 Å². The average Bonchev–Trinajstić information content (AvgIpc) is 3.37. The van der Waals surface area contributed by atoms with E-state index in [1.54, 1.807) is 6.92 Å². The van der Waals surface area contributed by atoms with Gasteiger partial charge in [0, 0.05) is 11.1 Å². The molecule has 7 atom stereocenters. The van der Waals surface area contributed by atoms with E-state index in [1.165, 1.54) is 11.3 Å². The van der Waals surface area contributed by atoms with Crippen molar-refractivity contribution in [3.63, 3.8) is 0 Å². The van der Waals surface area contributed by atoms with Crippen molar-refractivity contribution < 1.29 is 10.2 Å². The fourth-order valence-electron chi connectivity index (χ4n) is 7.68. The van der Waals surface area contributed by atoms with Crippen LogP contribution >= 0.6 is 0 Å². The summed E-state index contributed by atoms with van der Waals surface area (Å²) in [5.41, 5.74) is 4.69. The molecule has 2 N–H and O–H groups in total. The van der Waals surface area contributed by atoms with E-state index in [9.17, 15) is 10.2 Å². The van der Waals surface area contributed by atoms with Gasteiger partial charge in [0.05, 0.1) is 23.2 Å². The van der Waals surface area contributed by atoms with Crippen molar-refractivity contribution in [2.75, 3.05) is 0 Å². The minimum atomic E-state index is -0.360. The number of aromatic nitrogens is 2. The van der Waals surface area contributed by atoms with Crippen molar-refractivity contribution >= 4 is 30.1 Å². The molecule has 0 bridgehead atoms. The van der Waals surface area contributed by atoms with Crippen LogP contribution in [0.5, 0.6) is 0 Å². The standard InChI is InChI=1S/C26H32N2O2.C2H5B/c1-25-12-11-17(29)13-16(25)7-8-18-19-9-10-23(26(19,2)24(30)14-20(18)25)28-15-27-21-5-3-4-6-22(21)28;1-3-2/h3-7,10,15,17-20,24,29-30H,8-9,11-14H2,1-2H3;1H2,2H3/t17-,18?,19?,20?,24?,25-,26-;/m0./s1. The molecule has 1 aromatic carbocycles. The first-order chi connectivity index (χ1) is 15.8. The molecule has 4 nitrogen and oxygen atoms in total. The summed E-state index contributed by atoms with van der Waals surface area (Å²) in [5, 5.41) is 21.9. The van der Waals surface area contributed by atoms with E-state index in [2.05, 4.69) is 60.2 Å². The van der Waals surface area contributed by atoms with Crippen LogP contribution in [0, 0.1) is 28.6 Å². The Kier molecular flexibility index (Phi) is 5.77. The number of aliphatic hydroxyl groups is 2. The quantitative estimate of drug-likeness (QED) is 0.483. The van der Waals surface area contributed by atoms with Crippen molar-refractivity contribution in [1.29, 1.82) is 0 Å². The second-order valence-corrected chi connectivity index (χ2v) is 11.0. The number of aliphatic hydroxyl groups excluding tert-OH is 2. The van der Waals surface area contributed by atoms with Gasteiger partial charge in [-0.2, -0.15) is 0 Å². The Hall–Kier alpha value is -1.98. The largest absolute Gasteiger partial charge is 0.393 e. The van der Waals surface area contributed by atoms with E-state index < -0.39 is 0 Å². The molecule has 4 aliphatic carbocycles. The van der Waals surface area contributed by atoms with Gasteiger partial charge in [-0.3, -0.25) is 0 Å². The minimum Gasteiger partial charge on any atom is -0.393 e. The predicted molar refractivity (Wildman–Crippen MR) is 137 cm³/mol. The van der Waals surface area contributed by atoms with Gasteiger partial charge in [0.1, 0.15) is 6.33 Å². The fraction of sp³-hybridized carbons (Fsp3) is 0.571. The third kappa shape index (κ3) is 3.34. The number of fused-ring (bicyclic) bond motifs is 6. The van der Waals surface area contributed by atoms with Crippen LogP contribution < -0.4 is 0 Å². The van der Waals surface area contributed by atoms with Crippen molar-refractivity contribution in [2.45, 2.75) is 71.4 Å². The van der Waals surface area contributed by atoms with Crippen LogP contribution in [0.2, 0.25) is 6.82 Å². The van der Waals surface area contributed by atoms with E-state index in [1.807, 2.05) is 19.2 Å². The van der Waals surface area contributed by atoms with Crippen LogP contribution in [0.25, 0.3) is 16.7 Å². The van der Waals surface area contributed by atoms with Gasteiger partial charge < -0.3 is 14.8 Å². The second kappa shape index (κ2) is 8.35. The Morgan fingerprint density at radius 2 is 1.88 bits per heavy atom. The van der Waals surface area contributed by atoms with Gasteiger partial charge >= 0.3 is 20.2 Å². The molecule has 2 fully saturated rings. The van der Waals surface area contributed by atoms with Gasteiger partial charge in [-0.1, -0.05) is 43.7 Å². The van der Waals surface area contributed by atoms with Crippen molar-refractivity contribution in [3.8, 4) is 0 Å². The van der Waals surface area contributed by atoms with Crippen LogP contribution in [0.1, 0.15) is 52.4 Å². The zero-order valence-corrected chi connectivity index (χ0v) is 20.2. The van der Waals surface area contributed by atoms with Crippen LogP contribution in [0.4, 0.5) is 0 Å². The topological polar surface area (TPSA) is 58.3 Å². The van der Waals surface area contributed by atoms with Crippen molar-refractivity contribution in [1.82, 2.24) is 9.55 Å². The summed E-state index contributed by atoms with van der Waals surface area (Å²) >= 11 is 0. The van der Waals surface area contributed by atoms with Crippen LogP contribution in [0.3, 0.4) is 0 Å². The monoisotopic (exact) mass is 444 g/mol. The fourth-order valence-corrected chi connectivity index (χ4v) is 7.68. The smallest absolute Gasteiger partial charge is 0.100 e. The Labute approximate surface area is 198 Å². The van der Waals surface area contributed by atoms with Gasteiger partial charge in [0.15, 0.2) is 0 Å². The molecule has 0 aliphatic heterocycles. The molecule has 1 heterocycles. The molecule has 4 unspecified atom stereocenters. The molecule has 2 saturated carbocycles. The number of allylic oxidation sites excluding steroid dienone is 2. The molecule has 2 aromatic rings. The average molecular weight is 444 g/mol. The molecule has 0 spiro atoms. The van der Waals surface area contributed by atoms with Gasteiger partial charge in [0.2, 0.25) is 0 Å². The molecule has 174 valence electrons. The normalized spacial score (nSPS) is 39.2. The van der Waals surface area contributed by atoms with Crippen molar-refractivity contribution in [2.24, 2.45) is 28.6 Å².